The molecule has 0 heterocycles. The van der Waals surface area contributed by atoms with Crippen LogP contribution in [0.1, 0.15) is 44.5 Å². The minimum absolute atomic E-state index is 0. The van der Waals surface area contributed by atoms with Gasteiger partial charge >= 0.3 is 23.9 Å². The van der Waals surface area contributed by atoms with Gasteiger partial charge in [0.15, 0.2) is 0 Å². The third kappa shape index (κ3) is 10.9. The van der Waals surface area contributed by atoms with Crippen LogP contribution in [0.4, 0.5) is 11.4 Å². The molecule has 37 heavy (non-hydrogen) atoms. The van der Waals surface area contributed by atoms with E-state index >= 15 is 0 Å². The number of aryl methyl sites for hydroxylation is 6. The fraction of sp³-hybridized carbons (Fsp3) is 0.188. The zero-order valence-electron chi connectivity index (χ0n) is 22.2. The molecule has 2 nitrogen and oxygen atoms in total. The molecule has 0 aliphatic heterocycles. The van der Waals surface area contributed by atoms with Crippen LogP contribution in [0.3, 0.4) is 0 Å². The van der Waals surface area contributed by atoms with Crippen molar-refractivity contribution in [3.05, 3.63) is 129 Å². The van der Waals surface area contributed by atoms with Crippen molar-refractivity contribution in [1.82, 2.24) is 0 Å². The molecule has 0 aliphatic rings. The Bertz CT molecular complexity index is 1150. The molecule has 0 aromatic heterocycles. The first-order valence-electron chi connectivity index (χ1n) is 11.5. The molecule has 0 bridgehead atoms. The molecule has 0 saturated carbocycles. The fourth-order valence-electron chi connectivity index (χ4n) is 4.00. The largest absolute Gasteiger partial charge is 2.00 e. The third-order valence-electron chi connectivity index (χ3n) is 5.40. The van der Waals surface area contributed by atoms with Gasteiger partial charge in [-0.05, 0) is 75.9 Å². The number of hydrogen-bond donors (Lipinski definition) is 0. The molecule has 0 spiro atoms. The van der Waals surface area contributed by atoms with Crippen molar-refractivity contribution >= 4 is 47.7 Å². The van der Waals surface area contributed by atoms with Crippen molar-refractivity contribution in [1.29, 1.82) is 0 Å². The molecule has 4 rings (SSSR count). The number of aliphatic imine (C=N–C) groups is 2. The zero-order chi connectivity index (χ0) is 24.5. The first-order chi connectivity index (χ1) is 16.3. The van der Waals surface area contributed by atoms with Crippen LogP contribution in [0.25, 0.3) is 0 Å². The van der Waals surface area contributed by atoms with Crippen LogP contribution in [0.15, 0.2) is 82.8 Å². The van der Waals surface area contributed by atoms with E-state index in [-0.39, 0.29) is 48.7 Å². The summed E-state index contributed by atoms with van der Waals surface area (Å²) in [6.45, 7) is 12.6. The van der Waals surface area contributed by atoms with Gasteiger partial charge in [0, 0.05) is 23.6 Å². The van der Waals surface area contributed by atoms with Crippen LogP contribution in [0, 0.1) is 53.7 Å². The minimum Gasteiger partial charge on any atom is -1.00 e. The van der Waals surface area contributed by atoms with Gasteiger partial charge < -0.3 is 24.8 Å². The van der Waals surface area contributed by atoms with Gasteiger partial charge in [0.25, 0.3) is 0 Å². The maximum Gasteiger partial charge on any atom is 2.00 e. The standard InChI is InChI=1S/2C16H16N.2ClH.Sn/c2*1-12-9-13(2)16(14(3)10-12)17-11-15-7-5-4-6-8-15;;;/h2*4-7,9-11H,1-3H3;2*1H;/q;;;;+2/p-2. The number of hydrogen-bond acceptors (Lipinski definition) is 2. The van der Waals surface area contributed by atoms with Gasteiger partial charge in [-0.3, -0.25) is 9.98 Å². The van der Waals surface area contributed by atoms with E-state index < -0.39 is 0 Å². The molecule has 0 amide bonds. The molecule has 0 atom stereocenters. The van der Waals surface area contributed by atoms with E-state index in [2.05, 4.69) is 87.9 Å². The van der Waals surface area contributed by atoms with Gasteiger partial charge in [0.2, 0.25) is 0 Å². The third-order valence-corrected chi connectivity index (χ3v) is 5.40. The number of benzene rings is 4. The maximum absolute atomic E-state index is 4.56. The Hall–Kier alpha value is -2.40. The van der Waals surface area contributed by atoms with E-state index in [1.54, 1.807) is 0 Å². The van der Waals surface area contributed by atoms with Crippen molar-refractivity contribution in [2.45, 2.75) is 41.5 Å². The van der Waals surface area contributed by atoms with E-state index in [0.29, 0.717) is 0 Å². The molecular weight excluding hydrogens is 602 g/mol. The van der Waals surface area contributed by atoms with Crippen molar-refractivity contribution in [3.8, 4) is 0 Å². The Morgan fingerprint density at radius 3 is 1.14 bits per heavy atom. The maximum atomic E-state index is 4.56. The normalized spacial score (nSPS) is 10.1. The van der Waals surface area contributed by atoms with Gasteiger partial charge in [-0.25, -0.2) is 0 Å². The molecule has 0 unspecified atom stereocenters. The molecule has 4 aromatic carbocycles. The summed E-state index contributed by atoms with van der Waals surface area (Å²) in [5, 5.41) is 0. The second-order valence-electron chi connectivity index (χ2n) is 8.65. The fourth-order valence-corrected chi connectivity index (χ4v) is 4.00. The van der Waals surface area contributed by atoms with Gasteiger partial charge in [0.05, 0.1) is 11.4 Å². The first kappa shape index (κ1) is 34.6. The summed E-state index contributed by atoms with van der Waals surface area (Å²) in [6, 6.07) is 30.6. The number of rotatable bonds is 4. The SMILES string of the molecule is Cc1cc(C)c(N=Cc2[c]cccc2)c(C)c1.Cc1cc(C)c(N=Cc2[c]cccc2)c(C)c1.[Cl-].[Cl-].[Sn+2]. The van der Waals surface area contributed by atoms with E-state index in [9.17, 15) is 0 Å². The predicted octanol–water partition coefficient (Wildman–Crippen LogP) is 1.95. The molecule has 0 fully saturated rings. The summed E-state index contributed by atoms with van der Waals surface area (Å²) in [4.78, 5) is 9.12. The number of nitrogens with zero attached hydrogens (tertiary/aromatic N) is 2. The molecule has 5 heteroatoms. The first-order valence-corrected chi connectivity index (χ1v) is 11.5. The monoisotopic (exact) mass is 634 g/mol. The molecule has 0 N–H and O–H groups in total. The Kier molecular flexibility index (Phi) is 16.1. The van der Waals surface area contributed by atoms with Gasteiger partial charge in [-0.2, -0.15) is 0 Å². The second-order valence-corrected chi connectivity index (χ2v) is 8.65. The van der Waals surface area contributed by atoms with E-state index in [4.69, 9.17) is 0 Å². The molecular formula is C32H32Cl2N2Sn. The van der Waals surface area contributed by atoms with Crippen molar-refractivity contribution < 1.29 is 24.8 Å². The zero-order valence-corrected chi connectivity index (χ0v) is 26.6. The summed E-state index contributed by atoms with van der Waals surface area (Å²) < 4.78 is 0. The van der Waals surface area contributed by atoms with Crippen LogP contribution in [0.5, 0.6) is 0 Å². The van der Waals surface area contributed by atoms with Gasteiger partial charge in [0.1, 0.15) is 0 Å². The van der Waals surface area contributed by atoms with Crippen LogP contribution < -0.4 is 24.8 Å². The Balaban J connectivity index is 0.000000648. The second kappa shape index (κ2) is 17.2. The summed E-state index contributed by atoms with van der Waals surface area (Å²) in [6.07, 6.45) is 3.73. The van der Waals surface area contributed by atoms with Gasteiger partial charge in [-0.1, -0.05) is 83.9 Å². The Morgan fingerprint density at radius 2 is 0.865 bits per heavy atom. The molecule has 188 valence electrons. The smallest absolute Gasteiger partial charge is 1.00 e. The molecule has 0 aliphatic carbocycles. The molecule has 4 aromatic rings. The Labute approximate surface area is 252 Å². The van der Waals surface area contributed by atoms with Crippen LogP contribution in [0.2, 0.25) is 0 Å². The van der Waals surface area contributed by atoms with Crippen molar-refractivity contribution in [2.24, 2.45) is 9.98 Å². The average molecular weight is 634 g/mol. The molecule has 0 saturated heterocycles. The van der Waals surface area contributed by atoms with Crippen LogP contribution in [-0.2, 0) is 0 Å². The minimum atomic E-state index is 0. The Morgan fingerprint density at radius 1 is 0.541 bits per heavy atom. The average Bonchev–Trinajstić information content (AvgIpc) is 2.79. The predicted molar refractivity (Wildman–Crippen MR) is 152 cm³/mol. The summed E-state index contributed by atoms with van der Waals surface area (Å²) in [5.41, 5.74) is 11.6. The quantitative estimate of drug-likeness (QED) is 0.243. The molecule has 4 radical (unpaired) electrons. The summed E-state index contributed by atoms with van der Waals surface area (Å²) in [5.74, 6) is 0. The summed E-state index contributed by atoms with van der Waals surface area (Å²) >= 11 is 0. The van der Waals surface area contributed by atoms with Crippen LogP contribution in [-0.4, -0.2) is 36.3 Å². The van der Waals surface area contributed by atoms with E-state index in [1.807, 2.05) is 61.0 Å². The van der Waals surface area contributed by atoms with E-state index in [0.717, 1.165) is 22.5 Å². The van der Waals surface area contributed by atoms with Crippen molar-refractivity contribution in [3.63, 3.8) is 0 Å². The van der Waals surface area contributed by atoms with E-state index in [1.165, 1.54) is 33.4 Å². The van der Waals surface area contributed by atoms with Crippen LogP contribution >= 0.6 is 0 Å². The summed E-state index contributed by atoms with van der Waals surface area (Å²) in [7, 11) is 0. The topological polar surface area (TPSA) is 24.7 Å². The van der Waals surface area contributed by atoms with Crippen molar-refractivity contribution in [2.75, 3.05) is 0 Å². The number of halogens is 2. The van der Waals surface area contributed by atoms with Gasteiger partial charge in [-0.15, -0.1) is 0 Å².